The van der Waals surface area contributed by atoms with Gasteiger partial charge < -0.3 is 15.5 Å². The third-order valence-electron chi connectivity index (χ3n) is 4.98. The summed E-state index contributed by atoms with van der Waals surface area (Å²) in [6.07, 6.45) is 0. The van der Waals surface area contributed by atoms with Crippen molar-refractivity contribution < 1.29 is 14.0 Å². The average Bonchev–Trinajstić information content (AvgIpc) is 2.68. The van der Waals surface area contributed by atoms with Gasteiger partial charge in [-0.05, 0) is 41.5 Å². The minimum Gasteiger partial charge on any atom is -0.369 e. The fraction of sp³-hybridized carbons (Fsp3) is 0.364. The van der Waals surface area contributed by atoms with Gasteiger partial charge in [0.05, 0.1) is 0 Å². The van der Waals surface area contributed by atoms with E-state index in [4.69, 9.17) is 0 Å². The number of benzene rings is 2. The van der Waals surface area contributed by atoms with E-state index in [1.54, 1.807) is 0 Å². The SMILES string of the molecule is CC(=O)NCc1ccc(CN2CCN(c3ccc(F)cc3)CC2)cc1NC(C)=O. The molecule has 3 rings (SSSR count). The molecule has 0 unspecified atom stereocenters. The van der Waals surface area contributed by atoms with Crippen LogP contribution in [0, 0.1) is 5.82 Å². The lowest BCUT2D eigenvalue weighted by molar-refractivity contribution is -0.119. The van der Waals surface area contributed by atoms with E-state index in [2.05, 4.69) is 20.4 Å². The van der Waals surface area contributed by atoms with E-state index in [1.807, 2.05) is 30.3 Å². The Balaban J connectivity index is 1.61. The summed E-state index contributed by atoms with van der Waals surface area (Å²) in [4.78, 5) is 27.4. The van der Waals surface area contributed by atoms with Crippen LogP contribution in [-0.2, 0) is 22.7 Å². The van der Waals surface area contributed by atoms with Crippen LogP contribution in [0.15, 0.2) is 42.5 Å². The number of carbonyl (C=O) groups is 2. The van der Waals surface area contributed by atoms with Crippen molar-refractivity contribution in [1.29, 1.82) is 0 Å². The van der Waals surface area contributed by atoms with Crippen molar-refractivity contribution in [3.05, 3.63) is 59.4 Å². The summed E-state index contributed by atoms with van der Waals surface area (Å²) in [5.74, 6) is -0.467. The lowest BCUT2D eigenvalue weighted by atomic mass is 10.1. The van der Waals surface area contributed by atoms with Crippen molar-refractivity contribution in [3.8, 4) is 0 Å². The van der Waals surface area contributed by atoms with Crippen LogP contribution in [0.3, 0.4) is 0 Å². The number of hydrogen-bond donors (Lipinski definition) is 2. The third-order valence-corrected chi connectivity index (χ3v) is 4.98. The monoisotopic (exact) mass is 398 g/mol. The molecule has 2 amide bonds. The van der Waals surface area contributed by atoms with Crippen molar-refractivity contribution in [3.63, 3.8) is 0 Å². The highest BCUT2D eigenvalue weighted by Gasteiger charge is 2.18. The van der Waals surface area contributed by atoms with Gasteiger partial charge in [0.15, 0.2) is 0 Å². The summed E-state index contributed by atoms with van der Waals surface area (Å²) in [6, 6.07) is 12.6. The minimum absolute atomic E-state index is 0.109. The standard InChI is InChI=1S/C22H27FN4O2/c1-16(28)24-14-19-4-3-18(13-22(19)25-17(2)29)15-26-9-11-27(12-10-26)21-7-5-20(23)6-8-21/h3-8,13H,9-12,14-15H2,1-2H3,(H,24,28)(H,25,29). The summed E-state index contributed by atoms with van der Waals surface area (Å²) in [6.45, 7) is 7.67. The molecule has 7 heteroatoms. The fourth-order valence-corrected chi connectivity index (χ4v) is 3.48. The normalized spacial score (nSPS) is 14.5. The molecule has 2 aromatic carbocycles. The number of hydrogen-bond acceptors (Lipinski definition) is 4. The van der Waals surface area contributed by atoms with Crippen LogP contribution in [0.5, 0.6) is 0 Å². The van der Waals surface area contributed by atoms with Gasteiger partial charge in [-0.25, -0.2) is 4.39 Å². The molecule has 1 heterocycles. The van der Waals surface area contributed by atoms with E-state index in [0.717, 1.165) is 55.2 Å². The second kappa shape index (κ2) is 9.52. The van der Waals surface area contributed by atoms with Crippen LogP contribution in [0.2, 0.25) is 0 Å². The summed E-state index contributed by atoms with van der Waals surface area (Å²) in [5, 5.41) is 5.63. The number of piperazine rings is 1. The highest BCUT2D eigenvalue weighted by Crippen LogP contribution is 2.21. The van der Waals surface area contributed by atoms with Gasteiger partial charge >= 0.3 is 0 Å². The fourth-order valence-electron chi connectivity index (χ4n) is 3.48. The molecule has 1 aliphatic rings. The van der Waals surface area contributed by atoms with Crippen LogP contribution in [0.4, 0.5) is 15.8 Å². The maximum atomic E-state index is 13.1. The molecule has 0 aromatic heterocycles. The summed E-state index contributed by atoms with van der Waals surface area (Å²) >= 11 is 0. The lowest BCUT2D eigenvalue weighted by Gasteiger charge is -2.36. The molecule has 1 saturated heterocycles. The van der Waals surface area contributed by atoms with Gasteiger partial charge in [-0.15, -0.1) is 0 Å². The molecule has 2 aromatic rings. The molecule has 29 heavy (non-hydrogen) atoms. The van der Waals surface area contributed by atoms with E-state index in [1.165, 1.54) is 26.0 Å². The molecule has 2 N–H and O–H groups in total. The molecule has 0 saturated carbocycles. The van der Waals surface area contributed by atoms with Crippen LogP contribution in [0.25, 0.3) is 0 Å². The van der Waals surface area contributed by atoms with Crippen molar-refractivity contribution in [2.45, 2.75) is 26.9 Å². The van der Waals surface area contributed by atoms with Gasteiger partial charge in [0.2, 0.25) is 11.8 Å². The van der Waals surface area contributed by atoms with Crippen LogP contribution >= 0.6 is 0 Å². The first-order chi connectivity index (χ1) is 13.9. The van der Waals surface area contributed by atoms with Crippen molar-refractivity contribution >= 4 is 23.2 Å². The zero-order valence-corrected chi connectivity index (χ0v) is 16.9. The molecule has 154 valence electrons. The second-order valence-electron chi connectivity index (χ2n) is 7.32. The molecule has 0 spiro atoms. The molecular formula is C22H27FN4O2. The lowest BCUT2D eigenvalue weighted by Crippen LogP contribution is -2.45. The highest BCUT2D eigenvalue weighted by molar-refractivity contribution is 5.89. The van der Waals surface area contributed by atoms with Crippen LogP contribution in [-0.4, -0.2) is 42.9 Å². The Morgan fingerprint density at radius 2 is 1.66 bits per heavy atom. The third kappa shape index (κ3) is 6.02. The zero-order chi connectivity index (χ0) is 20.8. The number of nitrogens with zero attached hydrogens (tertiary/aromatic N) is 2. The maximum absolute atomic E-state index is 13.1. The van der Waals surface area contributed by atoms with Crippen molar-refractivity contribution in [2.75, 3.05) is 36.4 Å². The molecule has 0 atom stereocenters. The van der Waals surface area contributed by atoms with Crippen molar-refractivity contribution in [1.82, 2.24) is 10.2 Å². The number of carbonyl (C=O) groups excluding carboxylic acids is 2. The van der Waals surface area contributed by atoms with Gasteiger partial charge in [-0.2, -0.15) is 0 Å². The highest BCUT2D eigenvalue weighted by atomic mass is 19.1. The summed E-state index contributed by atoms with van der Waals surface area (Å²) < 4.78 is 13.1. The number of nitrogens with one attached hydrogen (secondary N) is 2. The topological polar surface area (TPSA) is 64.7 Å². The van der Waals surface area contributed by atoms with E-state index >= 15 is 0 Å². The largest absolute Gasteiger partial charge is 0.369 e. The first kappa shape index (κ1) is 20.8. The Morgan fingerprint density at radius 3 is 2.28 bits per heavy atom. The molecule has 1 aliphatic heterocycles. The number of amides is 2. The van der Waals surface area contributed by atoms with Crippen LogP contribution in [0.1, 0.15) is 25.0 Å². The Kier molecular flexibility index (Phi) is 6.82. The molecule has 0 aliphatic carbocycles. The van der Waals surface area contributed by atoms with Gasteiger partial charge in [0, 0.05) is 64.5 Å². The van der Waals surface area contributed by atoms with Gasteiger partial charge in [0.25, 0.3) is 0 Å². The average molecular weight is 398 g/mol. The maximum Gasteiger partial charge on any atom is 0.221 e. The molecule has 6 nitrogen and oxygen atoms in total. The first-order valence-electron chi connectivity index (χ1n) is 9.77. The summed E-state index contributed by atoms with van der Waals surface area (Å²) in [7, 11) is 0. The van der Waals surface area contributed by atoms with Crippen LogP contribution < -0.4 is 15.5 Å². The predicted molar refractivity (Wildman–Crippen MR) is 112 cm³/mol. The Bertz CT molecular complexity index is 862. The Labute approximate surface area is 170 Å². The molecule has 0 bridgehead atoms. The van der Waals surface area contributed by atoms with Crippen molar-refractivity contribution in [2.24, 2.45) is 0 Å². The molecule has 1 fully saturated rings. The number of rotatable bonds is 6. The smallest absolute Gasteiger partial charge is 0.221 e. The minimum atomic E-state index is -0.218. The van der Waals surface area contributed by atoms with Gasteiger partial charge in [-0.3, -0.25) is 14.5 Å². The van der Waals surface area contributed by atoms with E-state index < -0.39 is 0 Å². The van der Waals surface area contributed by atoms with Gasteiger partial charge in [0.1, 0.15) is 5.82 Å². The first-order valence-corrected chi connectivity index (χ1v) is 9.77. The molecular weight excluding hydrogens is 371 g/mol. The Morgan fingerprint density at radius 1 is 0.966 bits per heavy atom. The zero-order valence-electron chi connectivity index (χ0n) is 16.9. The number of halogens is 1. The van der Waals surface area contributed by atoms with Gasteiger partial charge in [-0.1, -0.05) is 12.1 Å². The van der Waals surface area contributed by atoms with E-state index in [0.29, 0.717) is 6.54 Å². The summed E-state index contributed by atoms with van der Waals surface area (Å²) in [5.41, 5.74) is 3.76. The van der Waals surface area contributed by atoms with E-state index in [9.17, 15) is 14.0 Å². The predicted octanol–water partition coefficient (Wildman–Crippen LogP) is 2.74. The second-order valence-corrected chi connectivity index (χ2v) is 7.32. The Hall–Kier alpha value is -2.93. The quantitative estimate of drug-likeness (QED) is 0.785. The molecule has 0 radical (unpaired) electrons. The number of anilines is 2. The van der Waals surface area contributed by atoms with E-state index in [-0.39, 0.29) is 17.6 Å².